The summed E-state index contributed by atoms with van der Waals surface area (Å²) in [6.45, 7) is 7.27. The number of rotatable bonds is 9. The molecule has 0 bridgehead atoms. The Morgan fingerprint density at radius 1 is 1.00 bits per heavy atom. The van der Waals surface area contributed by atoms with Crippen molar-refractivity contribution in [2.45, 2.75) is 58.4 Å². The van der Waals surface area contributed by atoms with E-state index in [2.05, 4.69) is 55.7 Å². The first-order valence-corrected chi connectivity index (χ1v) is 13.2. The topological polar surface area (TPSA) is 45.0 Å². The minimum atomic E-state index is 0.555. The fourth-order valence-electron chi connectivity index (χ4n) is 6.03. The zero-order valence-electron chi connectivity index (χ0n) is 22.0. The summed E-state index contributed by atoms with van der Waals surface area (Å²) < 4.78 is 20.6. The highest BCUT2D eigenvalue weighted by molar-refractivity contribution is 5.82. The van der Waals surface area contributed by atoms with E-state index in [9.17, 15) is 0 Å². The highest BCUT2D eigenvalue weighted by Gasteiger charge is 2.44. The van der Waals surface area contributed by atoms with E-state index in [0.29, 0.717) is 6.04 Å². The minimum Gasteiger partial charge on any atom is -0.496 e. The van der Waals surface area contributed by atoms with Crippen LogP contribution in [0.1, 0.15) is 50.8 Å². The maximum absolute atomic E-state index is 5.88. The fraction of sp³-hybridized carbons (Fsp3) is 0.552. The SMILES string of the molecule is CCc1cc(OC)c(-c2cccc3c([N+](C)(CC4CC4)C4CCOCC4)c(CC)nn23)c(OC)c1. The van der Waals surface area contributed by atoms with Gasteiger partial charge >= 0.3 is 0 Å². The molecule has 3 heterocycles. The van der Waals surface area contributed by atoms with Crippen molar-refractivity contribution in [2.75, 3.05) is 41.0 Å². The van der Waals surface area contributed by atoms with Gasteiger partial charge in [-0.1, -0.05) is 19.9 Å². The number of pyridine rings is 1. The van der Waals surface area contributed by atoms with Gasteiger partial charge in [0.15, 0.2) is 5.69 Å². The van der Waals surface area contributed by atoms with Crippen molar-refractivity contribution in [1.82, 2.24) is 14.1 Å². The molecule has 35 heavy (non-hydrogen) atoms. The van der Waals surface area contributed by atoms with Gasteiger partial charge < -0.3 is 14.2 Å². The third-order valence-corrected chi connectivity index (χ3v) is 8.11. The molecule has 0 amide bonds. The fourth-order valence-corrected chi connectivity index (χ4v) is 6.03. The van der Waals surface area contributed by atoms with Crippen molar-refractivity contribution < 1.29 is 14.2 Å². The second kappa shape index (κ2) is 9.82. The van der Waals surface area contributed by atoms with Crippen LogP contribution in [0.2, 0.25) is 0 Å². The van der Waals surface area contributed by atoms with E-state index in [-0.39, 0.29) is 0 Å². The summed E-state index contributed by atoms with van der Waals surface area (Å²) in [6, 6.07) is 11.3. The Bertz CT molecular complexity index is 1170. The van der Waals surface area contributed by atoms with Gasteiger partial charge in [0, 0.05) is 18.8 Å². The lowest BCUT2D eigenvalue weighted by Crippen LogP contribution is -2.57. The van der Waals surface area contributed by atoms with Crippen molar-refractivity contribution in [3.05, 3.63) is 41.6 Å². The van der Waals surface area contributed by atoms with Crippen molar-refractivity contribution in [2.24, 2.45) is 5.92 Å². The molecular formula is C29H40N3O3+. The number of hydrogen-bond donors (Lipinski definition) is 0. The zero-order chi connectivity index (χ0) is 24.6. The predicted octanol–water partition coefficient (Wildman–Crippen LogP) is 5.67. The molecule has 1 aliphatic carbocycles. The van der Waals surface area contributed by atoms with Crippen LogP contribution in [0.4, 0.5) is 5.69 Å². The first-order valence-electron chi connectivity index (χ1n) is 13.2. The molecule has 1 atom stereocenters. The second-order valence-corrected chi connectivity index (χ2v) is 10.3. The summed E-state index contributed by atoms with van der Waals surface area (Å²) in [6.07, 6.45) is 6.72. The number of benzene rings is 1. The Morgan fingerprint density at radius 2 is 1.69 bits per heavy atom. The van der Waals surface area contributed by atoms with Crippen LogP contribution in [0.3, 0.4) is 0 Å². The summed E-state index contributed by atoms with van der Waals surface area (Å²) in [4.78, 5) is 0. The smallest absolute Gasteiger partial charge is 0.182 e. The lowest BCUT2D eigenvalue weighted by Gasteiger charge is -2.43. The number of quaternary nitrogens is 1. The highest BCUT2D eigenvalue weighted by atomic mass is 16.5. The largest absolute Gasteiger partial charge is 0.496 e. The first kappa shape index (κ1) is 24.1. The number of methoxy groups -OCH3 is 2. The zero-order valence-corrected chi connectivity index (χ0v) is 22.0. The summed E-state index contributed by atoms with van der Waals surface area (Å²) in [5.74, 6) is 2.46. The van der Waals surface area contributed by atoms with Crippen molar-refractivity contribution in [1.29, 1.82) is 0 Å². The van der Waals surface area contributed by atoms with Gasteiger partial charge in [-0.2, -0.15) is 5.10 Å². The molecule has 1 saturated heterocycles. The third-order valence-electron chi connectivity index (χ3n) is 8.11. The molecule has 188 valence electrons. The van der Waals surface area contributed by atoms with Crippen LogP contribution in [-0.4, -0.2) is 56.7 Å². The molecule has 0 spiro atoms. The van der Waals surface area contributed by atoms with E-state index in [1.807, 2.05) is 0 Å². The van der Waals surface area contributed by atoms with E-state index in [1.165, 1.54) is 41.8 Å². The average Bonchev–Trinajstić information content (AvgIpc) is 3.63. The Labute approximate surface area is 209 Å². The molecule has 2 fully saturated rings. The molecule has 2 aromatic heterocycles. The van der Waals surface area contributed by atoms with E-state index < -0.39 is 0 Å². The number of fused-ring (bicyclic) bond motifs is 1. The molecule has 0 N–H and O–H groups in total. The van der Waals surface area contributed by atoms with Crippen LogP contribution >= 0.6 is 0 Å². The normalized spacial score (nSPS) is 18.5. The summed E-state index contributed by atoms with van der Waals surface area (Å²) >= 11 is 0. The van der Waals surface area contributed by atoms with Gasteiger partial charge in [0.2, 0.25) is 0 Å². The highest BCUT2D eigenvalue weighted by Crippen LogP contribution is 2.44. The molecule has 1 saturated carbocycles. The van der Waals surface area contributed by atoms with Gasteiger partial charge in [-0.05, 0) is 55.5 Å². The van der Waals surface area contributed by atoms with Crippen LogP contribution in [-0.2, 0) is 17.6 Å². The minimum absolute atomic E-state index is 0.555. The predicted molar refractivity (Wildman–Crippen MR) is 142 cm³/mol. The van der Waals surface area contributed by atoms with Crippen molar-refractivity contribution >= 4 is 11.2 Å². The number of aromatic nitrogens is 2. The van der Waals surface area contributed by atoms with E-state index in [0.717, 1.165) is 72.1 Å². The molecule has 1 aliphatic heterocycles. The van der Waals surface area contributed by atoms with Crippen LogP contribution in [0.25, 0.3) is 16.8 Å². The summed E-state index contributed by atoms with van der Waals surface area (Å²) in [7, 11) is 5.92. The van der Waals surface area contributed by atoms with Crippen molar-refractivity contribution in [3.63, 3.8) is 0 Å². The first-order chi connectivity index (χ1) is 17.0. The maximum atomic E-state index is 5.88. The second-order valence-electron chi connectivity index (χ2n) is 10.3. The standard InChI is InChI=1S/C29H40N3O3/c1-6-20-17-26(33-4)28(27(18-20)34-5)24-9-8-10-25-29(23(7-2)30-31(24)25)32(3,19-21-11-12-21)22-13-15-35-16-14-22/h8-10,17-18,21-22H,6-7,11-16,19H2,1-5H3/q+1. The van der Waals surface area contributed by atoms with Crippen LogP contribution < -0.4 is 14.0 Å². The Morgan fingerprint density at radius 3 is 2.26 bits per heavy atom. The van der Waals surface area contributed by atoms with E-state index in [1.54, 1.807) is 14.2 Å². The summed E-state index contributed by atoms with van der Waals surface area (Å²) in [5.41, 5.74) is 6.92. The monoisotopic (exact) mass is 478 g/mol. The van der Waals surface area contributed by atoms with Gasteiger partial charge in [-0.25, -0.2) is 4.52 Å². The van der Waals surface area contributed by atoms with Crippen molar-refractivity contribution in [3.8, 4) is 22.8 Å². The molecule has 2 aliphatic rings. The van der Waals surface area contributed by atoms with Crippen LogP contribution in [0.5, 0.6) is 11.5 Å². The van der Waals surface area contributed by atoms with Crippen LogP contribution in [0, 0.1) is 5.92 Å². The van der Waals surface area contributed by atoms with Gasteiger partial charge in [-0.15, -0.1) is 0 Å². The average molecular weight is 479 g/mol. The lowest BCUT2D eigenvalue weighted by atomic mass is 10.0. The Balaban J connectivity index is 1.73. The third kappa shape index (κ3) is 4.31. The molecular weight excluding hydrogens is 438 g/mol. The maximum Gasteiger partial charge on any atom is 0.182 e. The molecule has 0 radical (unpaired) electrons. The molecule has 1 aromatic carbocycles. The number of ether oxygens (including phenoxy) is 3. The Kier molecular flexibility index (Phi) is 6.78. The number of hydrogen-bond acceptors (Lipinski definition) is 4. The molecule has 5 rings (SSSR count). The molecule has 3 aromatic rings. The Hall–Kier alpha value is -2.57. The lowest BCUT2D eigenvalue weighted by molar-refractivity contribution is 0.0436. The number of aryl methyl sites for hydroxylation is 2. The van der Waals surface area contributed by atoms with E-state index in [4.69, 9.17) is 19.3 Å². The van der Waals surface area contributed by atoms with Crippen LogP contribution in [0.15, 0.2) is 30.3 Å². The van der Waals surface area contributed by atoms with Gasteiger partial charge in [0.05, 0.1) is 58.3 Å². The molecule has 6 nitrogen and oxygen atoms in total. The summed E-state index contributed by atoms with van der Waals surface area (Å²) in [5, 5.41) is 5.25. The van der Waals surface area contributed by atoms with E-state index >= 15 is 0 Å². The number of nitrogens with zero attached hydrogens (tertiary/aromatic N) is 3. The van der Waals surface area contributed by atoms with Gasteiger partial charge in [-0.3, -0.25) is 4.48 Å². The molecule has 6 heteroatoms. The molecule has 1 unspecified atom stereocenters. The quantitative estimate of drug-likeness (QED) is 0.372. The van der Waals surface area contributed by atoms with Gasteiger partial charge in [0.1, 0.15) is 22.7 Å². The van der Waals surface area contributed by atoms with Gasteiger partial charge in [0.25, 0.3) is 0 Å².